The molecule has 0 N–H and O–H groups in total. The highest BCUT2D eigenvalue weighted by molar-refractivity contribution is 5.76. The molecule has 0 unspecified atom stereocenters. The normalized spacial score (nSPS) is 15.2. The number of carbonyl (C=O) groups is 1. The van der Waals surface area contributed by atoms with Gasteiger partial charge in [-0.25, -0.2) is 9.36 Å². The van der Waals surface area contributed by atoms with Gasteiger partial charge in [-0.1, -0.05) is 12.8 Å². The largest absolute Gasteiger partial charge is 0.465 e. The first-order valence-corrected chi connectivity index (χ1v) is 9.29. The molecule has 0 aromatic carbocycles. The van der Waals surface area contributed by atoms with Gasteiger partial charge in [0.05, 0.1) is 6.61 Å². The lowest BCUT2D eigenvalue weighted by Crippen LogP contribution is -2.41. The molecular weight excluding hydrogens is 350 g/mol. The Labute approximate surface area is 154 Å². The van der Waals surface area contributed by atoms with E-state index in [1.807, 2.05) is 13.1 Å². The van der Waals surface area contributed by atoms with Gasteiger partial charge in [-0.05, 0) is 26.7 Å². The van der Waals surface area contributed by atoms with Crippen LogP contribution in [-0.4, -0.2) is 35.7 Å². The van der Waals surface area contributed by atoms with E-state index >= 15 is 0 Å². The van der Waals surface area contributed by atoms with Crippen molar-refractivity contribution in [1.82, 2.24) is 23.1 Å². The lowest BCUT2D eigenvalue weighted by atomic mass is 10.2. The molecule has 1 saturated carbocycles. The van der Waals surface area contributed by atoms with E-state index in [-0.39, 0.29) is 6.61 Å². The summed E-state index contributed by atoms with van der Waals surface area (Å²) in [5.41, 5.74) is 0.544. The Hall–Kier alpha value is -2.84. The molecule has 1 fully saturated rings. The number of hydrogen-bond donors (Lipinski definition) is 0. The number of carbonyl (C=O) groups excluding carboxylic acids is 1. The molecule has 4 rings (SSSR count). The molecule has 9 nitrogen and oxygen atoms in total. The Balaban J connectivity index is 1.98. The molecule has 9 heteroatoms. The fourth-order valence-corrected chi connectivity index (χ4v) is 4.12. The van der Waals surface area contributed by atoms with Crippen LogP contribution in [0.15, 0.2) is 15.8 Å². The molecule has 144 valence electrons. The van der Waals surface area contributed by atoms with Gasteiger partial charge < -0.3 is 9.30 Å². The van der Waals surface area contributed by atoms with Crippen LogP contribution in [0.25, 0.3) is 16.9 Å². The predicted molar refractivity (Wildman–Crippen MR) is 99.1 cm³/mol. The maximum Gasteiger partial charge on any atom is 0.333 e. The minimum absolute atomic E-state index is 0.191. The van der Waals surface area contributed by atoms with E-state index in [1.54, 1.807) is 18.4 Å². The monoisotopic (exact) mass is 373 g/mol. The topological polar surface area (TPSA) is 92.5 Å². The molecule has 3 aromatic rings. The van der Waals surface area contributed by atoms with Crippen molar-refractivity contribution in [3.63, 3.8) is 0 Å². The number of hydrogen-bond acceptors (Lipinski definition) is 5. The Kier molecular flexibility index (Phi) is 4.16. The molecule has 3 aromatic heterocycles. The highest BCUT2D eigenvalue weighted by Crippen LogP contribution is 2.32. The van der Waals surface area contributed by atoms with Gasteiger partial charge in [-0.2, -0.15) is 4.98 Å². The van der Waals surface area contributed by atoms with Crippen molar-refractivity contribution in [2.24, 2.45) is 7.05 Å². The summed E-state index contributed by atoms with van der Waals surface area (Å²) in [5.74, 6) is 0.0481. The second kappa shape index (κ2) is 6.40. The zero-order valence-corrected chi connectivity index (χ0v) is 15.8. The minimum atomic E-state index is -0.614. The molecule has 0 radical (unpaired) electrons. The van der Waals surface area contributed by atoms with Crippen LogP contribution >= 0.6 is 0 Å². The molecule has 0 spiro atoms. The quantitative estimate of drug-likeness (QED) is 0.640. The number of esters is 1. The number of ether oxygens (including phenoxy) is 1. The minimum Gasteiger partial charge on any atom is -0.465 e. The average molecular weight is 373 g/mol. The number of nitrogens with zero attached hydrogens (tertiary/aromatic N) is 5. The van der Waals surface area contributed by atoms with E-state index in [4.69, 9.17) is 4.74 Å². The van der Waals surface area contributed by atoms with Crippen LogP contribution < -0.4 is 11.2 Å². The van der Waals surface area contributed by atoms with Gasteiger partial charge in [0.15, 0.2) is 11.2 Å². The SMILES string of the molecule is CCOC(=O)Cn1c(=O)c2c(nc3n(C4CCCC4)c(C)cn23)n(C)c1=O. The predicted octanol–water partition coefficient (Wildman–Crippen LogP) is 1.14. The van der Waals surface area contributed by atoms with Crippen LogP contribution in [0, 0.1) is 6.92 Å². The molecule has 0 amide bonds. The van der Waals surface area contributed by atoms with Crippen molar-refractivity contribution < 1.29 is 9.53 Å². The van der Waals surface area contributed by atoms with Crippen LogP contribution in [0.2, 0.25) is 0 Å². The van der Waals surface area contributed by atoms with Crippen molar-refractivity contribution >= 4 is 22.9 Å². The molecule has 0 bridgehead atoms. The molecule has 27 heavy (non-hydrogen) atoms. The number of aromatic nitrogens is 5. The van der Waals surface area contributed by atoms with E-state index in [9.17, 15) is 14.4 Å². The van der Waals surface area contributed by atoms with E-state index in [0.29, 0.717) is 23.0 Å². The van der Waals surface area contributed by atoms with Crippen LogP contribution in [0.1, 0.15) is 44.3 Å². The number of rotatable bonds is 4. The summed E-state index contributed by atoms with van der Waals surface area (Å²) in [7, 11) is 1.56. The lowest BCUT2D eigenvalue weighted by molar-refractivity contribution is -0.143. The fraction of sp³-hybridized carbons (Fsp3) is 0.556. The van der Waals surface area contributed by atoms with E-state index in [1.165, 1.54) is 17.4 Å². The Morgan fingerprint density at radius 3 is 2.67 bits per heavy atom. The fourth-order valence-electron chi connectivity index (χ4n) is 4.12. The molecule has 3 heterocycles. The van der Waals surface area contributed by atoms with E-state index in [0.717, 1.165) is 23.1 Å². The van der Waals surface area contributed by atoms with Crippen LogP contribution in [0.3, 0.4) is 0 Å². The summed E-state index contributed by atoms with van der Waals surface area (Å²) < 4.78 is 11.0. The second-order valence-corrected chi connectivity index (χ2v) is 7.07. The summed E-state index contributed by atoms with van der Waals surface area (Å²) in [6, 6.07) is 0.359. The Morgan fingerprint density at radius 1 is 1.30 bits per heavy atom. The van der Waals surface area contributed by atoms with Gasteiger partial charge in [0, 0.05) is 25.0 Å². The first kappa shape index (κ1) is 17.6. The molecule has 0 saturated heterocycles. The van der Waals surface area contributed by atoms with Gasteiger partial charge >= 0.3 is 11.7 Å². The smallest absolute Gasteiger partial charge is 0.333 e. The summed E-state index contributed by atoms with van der Waals surface area (Å²) >= 11 is 0. The number of fused-ring (bicyclic) bond motifs is 3. The molecule has 0 aliphatic heterocycles. The summed E-state index contributed by atoms with van der Waals surface area (Å²) in [5, 5.41) is 0. The molecule has 1 aliphatic carbocycles. The van der Waals surface area contributed by atoms with Crippen molar-refractivity contribution in [2.45, 2.75) is 52.1 Å². The average Bonchev–Trinajstić information content (AvgIpc) is 3.32. The second-order valence-electron chi connectivity index (χ2n) is 7.07. The van der Waals surface area contributed by atoms with E-state index < -0.39 is 23.8 Å². The summed E-state index contributed by atoms with van der Waals surface area (Å²) in [4.78, 5) is 42.1. The number of aryl methyl sites for hydroxylation is 2. The van der Waals surface area contributed by atoms with Gasteiger partial charge in [-0.15, -0.1) is 0 Å². The highest BCUT2D eigenvalue weighted by atomic mass is 16.5. The summed E-state index contributed by atoms with van der Waals surface area (Å²) in [6.07, 6.45) is 6.41. The summed E-state index contributed by atoms with van der Waals surface area (Å²) in [6.45, 7) is 3.45. The Bertz CT molecular complexity index is 1160. The van der Waals surface area contributed by atoms with Gasteiger partial charge in [-0.3, -0.25) is 18.6 Å². The van der Waals surface area contributed by atoms with Gasteiger partial charge in [0.2, 0.25) is 5.78 Å². The third-order valence-corrected chi connectivity index (χ3v) is 5.35. The van der Waals surface area contributed by atoms with Gasteiger partial charge in [0.1, 0.15) is 6.54 Å². The maximum atomic E-state index is 13.0. The van der Waals surface area contributed by atoms with Crippen molar-refractivity contribution in [2.75, 3.05) is 6.61 Å². The highest BCUT2D eigenvalue weighted by Gasteiger charge is 2.25. The first-order chi connectivity index (χ1) is 12.9. The van der Waals surface area contributed by atoms with Gasteiger partial charge in [0.25, 0.3) is 5.56 Å². The standard InChI is InChI=1S/C18H23N5O4/c1-4-27-13(24)10-22-16(25)14-15(20(3)18(22)26)19-17-21(14)9-11(2)23(17)12-7-5-6-8-12/h9,12H,4-8,10H2,1-3H3. The Morgan fingerprint density at radius 2 is 2.00 bits per heavy atom. The molecule has 1 aliphatic rings. The van der Waals surface area contributed by atoms with Crippen molar-refractivity contribution in [3.8, 4) is 0 Å². The zero-order chi connectivity index (χ0) is 19.3. The van der Waals surface area contributed by atoms with Crippen molar-refractivity contribution in [1.29, 1.82) is 0 Å². The third kappa shape index (κ3) is 2.60. The zero-order valence-electron chi connectivity index (χ0n) is 15.8. The number of imidazole rings is 2. The molecular formula is C18H23N5O4. The lowest BCUT2D eigenvalue weighted by Gasteiger charge is -2.13. The van der Waals surface area contributed by atoms with Crippen molar-refractivity contribution in [3.05, 3.63) is 32.7 Å². The van der Waals surface area contributed by atoms with E-state index in [2.05, 4.69) is 9.55 Å². The third-order valence-electron chi connectivity index (χ3n) is 5.35. The molecule has 0 atom stereocenters. The first-order valence-electron chi connectivity index (χ1n) is 9.29. The van der Waals surface area contributed by atoms with Crippen LogP contribution in [0.4, 0.5) is 0 Å². The maximum absolute atomic E-state index is 13.0. The van der Waals surface area contributed by atoms with Crippen LogP contribution in [0.5, 0.6) is 0 Å². The van der Waals surface area contributed by atoms with Crippen LogP contribution in [-0.2, 0) is 23.1 Å².